The van der Waals surface area contributed by atoms with E-state index >= 15 is 0 Å². The fourth-order valence-electron chi connectivity index (χ4n) is 2.11. The number of nitrogens with two attached hydrogens (primary N) is 1. The second-order valence-electron chi connectivity index (χ2n) is 4.85. The lowest BCUT2D eigenvalue weighted by Crippen LogP contribution is -2.29. The molecule has 0 heterocycles. The van der Waals surface area contributed by atoms with Gasteiger partial charge in [0.25, 0.3) is 0 Å². The van der Waals surface area contributed by atoms with Gasteiger partial charge in [-0.2, -0.15) is 0 Å². The Morgan fingerprint density at radius 2 is 2.00 bits per heavy atom. The molecule has 0 fully saturated rings. The highest BCUT2D eigenvalue weighted by molar-refractivity contribution is 7.99. The zero-order valence-electron chi connectivity index (χ0n) is 12.5. The molecule has 1 unspecified atom stereocenters. The van der Waals surface area contributed by atoms with Crippen LogP contribution in [-0.2, 0) is 0 Å². The van der Waals surface area contributed by atoms with Crippen molar-refractivity contribution in [3.8, 4) is 5.75 Å². The molecule has 112 valence electrons. The molecule has 0 aliphatic heterocycles. The molecule has 0 aliphatic rings. The van der Waals surface area contributed by atoms with Crippen LogP contribution in [0, 0.1) is 6.92 Å². The third-order valence-corrected chi connectivity index (χ3v) is 4.27. The van der Waals surface area contributed by atoms with Crippen LogP contribution in [0.5, 0.6) is 5.75 Å². The summed E-state index contributed by atoms with van der Waals surface area (Å²) in [6.45, 7) is 4.76. The summed E-state index contributed by atoms with van der Waals surface area (Å²) in [6, 6.07) is 16.7. The van der Waals surface area contributed by atoms with E-state index in [9.17, 15) is 0 Å². The molecule has 0 radical (unpaired) electrons. The summed E-state index contributed by atoms with van der Waals surface area (Å²) >= 11 is 1.80. The minimum Gasteiger partial charge on any atom is -0.494 e. The summed E-state index contributed by atoms with van der Waals surface area (Å²) in [7, 11) is 0. The van der Waals surface area contributed by atoms with Crippen molar-refractivity contribution < 1.29 is 4.74 Å². The van der Waals surface area contributed by atoms with Gasteiger partial charge in [-0.15, -0.1) is 11.8 Å². The van der Waals surface area contributed by atoms with Gasteiger partial charge < -0.3 is 4.74 Å². The van der Waals surface area contributed by atoms with Crippen molar-refractivity contribution >= 4 is 11.8 Å². The molecule has 4 heteroatoms. The van der Waals surface area contributed by atoms with Gasteiger partial charge >= 0.3 is 0 Å². The molecule has 0 spiro atoms. The second kappa shape index (κ2) is 8.08. The highest BCUT2D eigenvalue weighted by atomic mass is 32.2. The molecule has 0 aliphatic carbocycles. The third-order valence-electron chi connectivity index (χ3n) is 3.18. The van der Waals surface area contributed by atoms with Crippen molar-refractivity contribution in [2.45, 2.75) is 24.8 Å². The first-order valence-corrected chi connectivity index (χ1v) is 8.10. The summed E-state index contributed by atoms with van der Waals surface area (Å²) in [4.78, 5) is 1.26. The van der Waals surface area contributed by atoms with Gasteiger partial charge in [0.15, 0.2) is 0 Å². The number of hydrogen-bond donors (Lipinski definition) is 2. The first-order chi connectivity index (χ1) is 10.2. The van der Waals surface area contributed by atoms with Crippen molar-refractivity contribution in [2.24, 2.45) is 5.84 Å². The number of ether oxygens (including phenoxy) is 1. The Morgan fingerprint density at radius 1 is 1.19 bits per heavy atom. The van der Waals surface area contributed by atoms with Crippen molar-refractivity contribution in [3.63, 3.8) is 0 Å². The predicted molar refractivity (Wildman–Crippen MR) is 89.6 cm³/mol. The van der Waals surface area contributed by atoms with E-state index in [2.05, 4.69) is 42.7 Å². The third kappa shape index (κ3) is 4.77. The Hall–Kier alpha value is -1.49. The van der Waals surface area contributed by atoms with Crippen molar-refractivity contribution in [3.05, 3.63) is 59.7 Å². The number of nitrogens with one attached hydrogen (secondary N) is 1. The summed E-state index contributed by atoms with van der Waals surface area (Å²) in [6.07, 6.45) is 0. The zero-order chi connectivity index (χ0) is 15.1. The summed E-state index contributed by atoms with van der Waals surface area (Å²) in [5.74, 6) is 7.47. The Bertz CT molecular complexity index is 574. The molecule has 0 saturated carbocycles. The van der Waals surface area contributed by atoms with Gasteiger partial charge in [0.2, 0.25) is 0 Å². The molecule has 2 rings (SSSR count). The topological polar surface area (TPSA) is 47.3 Å². The quantitative estimate of drug-likeness (QED) is 0.465. The van der Waals surface area contributed by atoms with Gasteiger partial charge in [0, 0.05) is 10.6 Å². The first kappa shape index (κ1) is 15.9. The van der Waals surface area contributed by atoms with Gasteiger partial charge in [-0.1, -0.05) is 29.8 Å². The van der Waals surface area contributed by atoms with E-state index in [1.807, 2.05) is 25.1 Å². The Kier molecular flexibility index (Phi) is 6.11. The smallest absolute Gasteiger partial charge is 0.119 e. The first-order valence-electron chi connectivity index (χ1n) is 7.11. The molecule has 3 N–H and O–H groups in total. The lowest BCUT2D eigenvalue weighted by atomic mass is 10.1. The monoisotopic (exact) mass is 302 g/mol. The number of hydrogen-bond acceptors (Lipinski definition) is 4. The minimum atomic E-state index is 0.0934. The standard InChI is InChI=1S/C17H22N2OS/c1-3-20-15-8-5-7-14(11-15)17(19-18)12-21-16-9-4-6-13(2)10-16/h4-11,17,19H,3,12,18H2,1-2H3. The van der Waals surface area contributed by atoms with E-state index in [0.717, 1.165) is 17.1 Å². The molecule has 0 amide bonds. The number of benzene rings is 2. The second-order valence-corrected chi connectivity index (χ2v) is 5.95. The van der Waals surface area contributed by atoms with Gasteiger partial charge in [-0.05, 0) is 43.7 Å². The van der Waals surface area contributed by atoms with Crippen LogP contribution in [0.4, 0.5) is 0 Å². The van der Waals surface area contributed by atoms with Crippen LogP contribution in [0.3, 0.4) is 0 Å². The predicted octanol–water partition coefficient (Wildman–Crippen LogP) is 3.69. The molecule has 21 heavy (non-hydrogen) atoms. The molecule has 0 aromatic heterocycles. The lowest BCUT2D eigenvalue weighted by molar-refractivity contribution is 0.339. The lowest BCUT2D eigenvalue weighted by Gasteiger charge is -2.17. The van der Waals surface area contributed by atoms with Gasteiger partial charge in [-0.25, -0.2) is 0 Å². The maximum absolute atomic E-state index is 5.72. The van der Waals surface area contributed by atoms with Crippen LogP contribution >= 0.6 is 11.8 Å². The number of aryl methyl sites for hydroxylation is 1. The highest BCUT2D eigenvalue weighted by Crippen LogP contribution is 2.26. The van der Waals surface area contributed by atoms with Crippen molar-refractivity contribution in [1.82, 2.24) is 5.43 Å². The van der Waals surface area contributed by atoms with Crippen LogP contribution in [-0.4, -0.2) is 12.4 Å². The molecule has 3 nitrogen and oxygen atoms in total. The maximum Gasteiger partial charge on any atom is 0.119 e. The fraction of sp³-hybridized carbons (Fsp3) is 0.294. The minimum absolute atomic E-state index is 0.0934. The van der Waals surface area contributed by atoms with E-state index < -0.39 is 0 Å². The highest BCUT2D eigenvalue weighted by Gasteiger charge is 2.11. The normalized spacial score (nSPS) is 12.1. The molecular weight excluding hydrogens is 280 g/mol. The Morgan fingerprint density at radius 3 is 2.71 bits per heavy atom. The molecule has 2 aromatic carbocycles. The van der Waals surface area contributed by atoms with E-state index in [1.54, 1.807) is 11.8 Å². The van der Waals surface area contributed by atoms with Crippen LogP contribution in [0.15, 0.2) is 53.4 Å². The molecule has 1 atom stereocenters. The van der Waals surface area contributed by atoms with E-state index in [-0.39, 0.29) is 6.04 Å². The van der Waals surface area contributed by atoms with Crippen molar-refractivity contribution in [2.75, 3.05) is 12.4 Å². The fourth-order valence-corrected chi connectivity index (χ4v) is 3.20. The molecule has 0 saturated heterocycles. The van der Waals surface area contributed by atoms with E-state index in [0.29, 0.717) is 6.61 Å². The van der Waals surface area contributed by atoms with E-state index in [1.165, 1.54) is 10.5 Å². The largest absolute Gasteiger partial charge is 0.494 e. The molecule has 0 bridgehead atoms. The SMILES string of the molecule is CCOc1cccc(C(CSc2cccc(C)c2)NN)c1. The van der Waals surface area contributed by atoms with Crippen LogP contribution in [0.25, 0.3) is 0 Å². The zero-order valence-corrected chi connectivity index (χ0v) is 13.3. The summed E-state index contributed by atoms with van der Waals surface area (Å²) < 4.78 is 5.54. The summed E-state index contributed by atoms with van der Waals surface area (Å²) in [5.41, 5.74) is 5.31. The van der Waals surface area contributed by atoms with Crippen LogP contribution in [0.2, 0.25) is 0 Å². The Labute approximate surface area is 130 Å². The maximum atomic E-state index is 5.72. The Balaban J connectivity index is 2.04. The number of rotatable bonds is 7. The van der Waals surface area contributed by atoms with E-state index in [4.69, 9.17) is 10.6 Å². The van der Waals surface area contributed by atoms with Gasteiger partial charge in [0.1, 0.15) is 5.75 Å². The number of hydrazine groups is 1. The number of thioether (sulfide) groups is 1. The molecular formula is C17H22N2OS. The summed E-state index contributed by atoms with van der Waals surface area (Å²) in [5, 5.41) is 0. The van der Waals surface area contributed by atoms with Gasteiger partial charge in [-0.3, -0.25) is 11.3 Å². The van der Waals surface area contributed by atoms with Crippen LogP contribution in [0.1, 0.15) is 24.1 Å². The average Bonchev–Trinajstić information content (AvgIpc) is 2.49. The van der Waals surface area contributed by atoms with Crippen molar-refractivity contribution in [1.29, 1.82) is 0 Å². The van der Waals surface area contributed by atoms with Crippen LogP contribution < -0.4 is 16.0 Å². The molecule has 2 aromatic rings. The average molecular weight is 302 g/mol. The van der Waals surface area contributed by atoms with Gasteiger partial charge in [0.05, 0.1) is 12.6 Å².